The fourth-order valence-corrected chi connectivity index (χ4v) is 2.78. The first-order valence-corrected chi connectivity index (χ1v) is 6.57. The molecule has 1 aromatic carbocycles. The van der Waals surface area contributed by atoms with Gasteiger partial charge in [-0.1, -0.05) is 26.0 Å². The van der Waals surface area contributed by atoms with Gasteiger partial charge < -0.3 is 10.6 Å². The predicted molar refractivity (Wildman–Crippen MR) is 75.3 cm³/mol. The lowest BCUT2D eigenvalue weighted by atomic mass is 9.75. The smallest absolute Gasteiger partial charge is 0.0599 e. The van der Waals surface area contributed by atoms with Crippen LogP contribution in [0.15, 0.2) is 24.3 Å². The zero-order valence-corrected chi connectivity index (χ0v) is 11.2. The molecule has 1 fully saturated rings. The van der Waals surface area contributed by atoms with E-state index in [4.69, 9.17) is 5.73 Å². The molecule has 94 valence electrons. The second-order valence-electron chi connectivity index (χ2n) is 6.07. The minimum Gasteiger partial charge on any atom is -0.397 e. The number of anilines is 2. The normalized spacial score (nSPS) is 20.2. The summed E-state index contributed by atoms with van der Waals surface area (Å²) in [6, 6.07) is 8.81. The number of nitrogens with two attached hydrogens (primary N) is 1. The van der Waals surface area contributed by atoms with Crippen molar-refractivity contribution >= 4 is 11.4 Å². The summed E-state index contributed by atoms with van der Waals surface area (Å²) >= 11 is 0. The molecular formula is C15H24N2. The maximum absolute atomic E-state index is 6.04. The van der Waals surface area contributed by atoms with Crippen LogP contribution in [0.1, 0.15) is 39.5 Å². The van der Waals surface area contributed by atoms with E-state index in [1.54, 1.807) is 0 Å². The van der Waals surface area contributed by atoms with Crippen molar-refractivity contribution in [2.75, 3.05) is 17.7 Å². The second-order valence-corrected chi connectivity index (χ2v) is 6.07. The Morgan fingerprint density at radius 2 is 1.76 bits per heavy atom. The molecule has 0 unspecified atom stereocenters. The molecule has 1 aliphatic rings. The summed E-state index contributed by atoms with van der Waals surface area (Å²) in [6.07, 6.45) is 5.18. The third-order valence-corrected chi connectivity index (χ3v) is 4.17. The first-order chi connectivity index (χ1) is 7.99. The average molecular weight is 232 g/mol. The van der Waals surface area contributed by atoms with E-state index in [2.05, 4.69) is 37.9 Å². The molecule has 0 amide bonds. The van der Waals surface area contributed by atoms with Gasteiger partial charge in [0.2, 0.25) is 0 Å². The lowest BCUT2D eigenvalue weighted by molar-refractivity contribution is 0.222. The van der Waals surface area contributed by atoms with Crippen LogP contribution in [0.2, 0.25) is 0 Å². The van der Waals surface area contributed by atoms with Gasteiger partial charge in [0.15, 0.2) is 0 Å². The average Bonchev–Trinajstić information content (AvgIpc) is 2.29. The summed E-state index contributed by atoms with van der Waals surface area (Å²) in [4.78, 5) is 2.37. The SMILES string of the molecule is CN(c1ccccc1N)C1CCC(C)(C)CC1. The van der Waals surface area contributed by atoms with E-state index >= 15 is 0 Å². The van der Waals surface area contributed by atoms with Crippen molar-refractivity contribution in [2.24, 2.45) is 5.41 Å². The molecule has 2 rings (SSSR count). The van der Waals surface area contributed by atoms with E-state index in [-0.39, 0.29) is 0 Å². The highest BCUT2D eigenvalue weighted by Crippen LogP contribution is 2.38. The van der Waals surface area contributed by atoms with Gasteiger partial charge in [-0.2, -0.15) is 0 Å². The topological polar surface area (TPSA) is 29.3 Å². The third kappa shape index (κ3) is 2.74. The molecule has 1 saturated carbocycles. The summed E-state index contributed by atoms with van der Waals surface area (Å²) in [5.41, 5.74) is 8.63. The number of nitrogens with zero attached hydrogens (tertiary/aromatic N) is 1. The number of para-hydroxylation sites is 2. The minimum absolute atomic E-state index is 0.527. The largest absolute Gasteiger partial charge is 0.397 e. The predicted octanol–water partition coefficient (Wildman–Crippen LogP) is 3.67. The highest BCUT2D eigenvalue weighted by atomic mass is 15.1. The number of benzene rings is 1. The number of nitrogen functional groups attached to an aromatic ring is 1. The number of hydrogen-bond donors (Lipinski definition) is 1. The molecule has 17 heavy (non-hydrogen) atoms. The van der Waals surface area contributed by atoms with E-state index in [1.807, 2.05) is 12.1 Å². The third-order valence-electron chi connectivity index (χ3n) is 4.17. The van der Waals surface area contributed by atoms with E-state index in [0.29, 0.717) is 11.5 Å². The second kappa shape index (κ2) is 4.59. The van der Waals surface area contributed by atoms with Crippen LogP contribution in [0.5, 0.6) is 0 Å². The molecule has 0 atom stereocenters. The van der Waals surface area contributed by atoms with Crippen LogP contribution in [-0.2, 0) is 0 Å². The molecule has 1 aromatic rings. The van der Waals surface area contributed by atoms with Crippen LogP contribution >= 0.6 is 0 Å². The Labute approximate surface area is 105 Å². The molecule has 0 bridgehead atoms. The van der Waals surface area contributed by atoms with Crippen LogP contribution in [0.4, 0.5) is 11.4 Å². The lowest BCUT2D eigenvalue weighted by Gasteiger charge is -2.39. The fraction of sp³-hybridized carbons (Fsp3) is 0.600. The van der Waals surface area contributed by atoms with Crippen molar-refractivity contribution in [3.63, 3.8) is 0 Å². The summed E-state index contributed by atoms with van der Waals surface area (Å²) in [7, 11) is 2.18. The van der Waals surface area contributed by atoms with Crippen LogP contribution in [0.3, 0.4) is 0 Å². The highest BCUT2D eigenvalue weighted by molar-refractivity contribution is 5.67. The summed E-state index contributed by atoms with van der Waals surface area (Å²) < 4.78 is 0. The molecule has 0 saturated heterocycles. The van der Waals surface area contributed by atoms with Gasteiger partial charge in [-0.15, -0.1) is 0 Å². The van der Waals surface area contributed by atoms with E-state index in [1.165, 1.54) is 31.4 Å². The van der Waals surface area contributed by atoms with Crippen molar-refractivity contribution in [2.45, 2.75) is 45.6 Å². The lowest BCUT2D eigenvalue weighted by Crippen LogP contribution is -2.37. The molecule has 2 nitrogen and oxygen atoms in total. The Kier molecular flexibility index (Phi) is 3.32. The first-order valence-electron chi connectivity index (χ1n) is 6.57. The van der Waals surface area contributed by atoms with Crippen molar-refractivity contribution in [1.29, 1.82) is 0 Å². The van der Waals surface area contributed by atoms with Crippen molar-refractivity contribution in [1.82, 2.24) is 0 Å². The molecule has 0 radical (unpaired) electrons. The van der Waals surface area contributed by atoms with Gasteiger partial charge in [-0.25, -0.2) is 0 Å². The zero-order valence-electron chi connectivity index (χ0n) is 11.2. The van der Waals surface area contributed by atoms with Gasteiger partial charge >= 0.3 is 0 Å². The van der Waals surface area contributed by atoms with Gasteiger partial charge in [0.05, 0.1) is 11.4 Å². The maximum Gasteiger partial charge on any atom is 0.0599 e. The first kappa shape index (κ1) is 12.3. The molecule has 2 heteroatoms. The number of hydrogen-bond acceptors (Lipinski definition) is 2. The Morgan fingerprint density at radius 1 is 1.18 bits per heavy atom. The summed E-state index contributed by atoms with van der Waals surface area (Å²) in [5.74, 6) is 0. The Bertz CT molecular complexity index is 374. The fourth-order valence-electron chi connectivity index (χ4n) is 2.78. The Hall–Kier alpha value is -1.18. The Balaban J connectivity index is 2.07. The molecule has 1 aliphatic carbocycles. The van der Waals surface area contributed by atoms with E-state index in [9.17, 15) is 0 Å². The van der Waals surface area contributed by atoms with Gasteiger partial charge in [0.1, 0.15) is 0 Å². The van der Waals surface area contributed by atoms with E-state index in [0.717, 1.165) is 5.69 Å². The van der Waals surface area contributed by atoms with Crippen molar-refractivity contribution in [3.05, 3.63) is 24.3 Å². The minimum atomic E-state index is 0.527. The molecule has 0 heterocycles. The summed E-state index contributed by atoms with van der Waals surface area (Å²) in [6.45, 7) is 4.75. The highest BCUT2D eigenvalue weighted by Gasteiger charge is 2.29. The number of rotatable bonds is 2. The molecule has 0 aliphatic heterocycles. The molecular weight excluding hydrogens is 208 g/mol. The van der Waals surface area contributed by atoms with Gasteiger partial charge in [0, 0.05) is 13.1 Å². The molecule has 0 spiro atoms. The quantitative estimate of drug-likeness (QED) is 0.788. The van der Waals surface area contributed by atoms with Crippen LogP contribution in [0, 0.1) is 5.41 Å². The van der Waals surface area contributed by atoms with Crippen LogP contribution < -0.4 is 10.6 Å². The molecule has 0 aromatic heterocycles. The monoisotopic (exact) mass is 232 g/mol. The van der Waals surface area contributed by atoms with Crippen molar-refractivity contribution in [3.8, 4) is 0 Å². The standard InChI is InChI=1S/C15H24N2/c1-15(2)10-8-12(9-11-15)17(3)14-7-5-4-6-13(14)16/h4-7,12H,8-11,16H2,1-3H3. The summed E-state index contributed by atoms with van der Waals surface area (Å²) in [5, 5.41) is 0. The maximum atomic E-state index is 6.04. The van der Waals surface area contributed by atoms with Gasteiger partial charge in [0.25, 0.3) is 0 Å². The molecule has 2 N–H and O–H groups in total. The van der Waals surface area contributed by atoms with E-state index < -0.39 is 0 Å². The van der Waals surface area contributed by atoms with Crippen LogP contribution in [-0.4, -0.2) is 13.1 Å². The van der Waals surface area contributed by atoms with Gasteiger partial charge in [-0.3, -0.25) is 0 Å². The zero-order chi connectivity index (χ0) is 12.5. The Morgan fingerprint density at radius 3 is 2.35 bits per heavy atom. The van der Waals surface area contributed by atoms with Gasteiger partial charge in [-0.05, 0) is 43.2 Å². The van der Waals surface area contributed by atoms with Crippen LogP contribution in [0.25, 0.3) is 0 Å². The van der Waals surface area contributed by atoms with Crippen molar-refractivity contribution < 1.29 is 0 Å².